The molecule has 1 aliphatic heterocycles. The molecule has 0 radical (unpaired) electrons. The predicted octanol–water partition coefficient (Wildman–Crippen LogP) is 3.12. The molecule has 1 N–H and O–H groups in total. The van der Waals surface area contributed by atoms with Crippen LogP contribution in [0.1, 0.15) is 20.7 Å². The van der Waals surface area contributed by atoms with Crippen molar-refractivity contribution in [3.63, 3.8) is 0 Å². The molecule has 0 unspecified atom stereocenters. The van der Waals surface area contributed by atoms with Crippen LogP contribution in [0, 0.1) is 5.82 Å². The van der Waals surface area contributed by atoms with Gasteiger partial charge in [0, 0.05) is 43.0 Å². The van der Waals surface area contributed by atoms with Gasteiger partial charge < -0.3 is 15.1 Å². The number of anilines is 1. The van der Waals surface area contributed by atoms with Gasteiger partial charge in [0.1, 0.15) is 5.82 Å². The molecule has 136 valence electrons. The van der Waals surface area contributed by atoms with Crippen LogP contribution in [0.4, 0.5) is 10.1 Å². The van der Waals surface area contributed by atoms with Crippen LogP contribution in [0.5, 0.6) is 0 Å². The highest BCUT2D eigenvalue weighted by molar-refractivity contribution is 6.31. The van der Waals surface area contributed by atoms with Gasteiger partial charge in [0.2, 0.25) is 0 Å². The third kappa shape index (κ3) is 4.20. The monoisotopic (exact) mass is 375 g/mol. The first kappa shape index (κ1) is 18.4. The number of carbonyl (C=O) groups excluding carboxylic acids is 2. The molecular formula is C19H19ClFN3O2. The number of hydrogen-bond donors (Lipinski definition) is 1. The first-order valence-corrected chi connectivity index (χ1v) is 8.66. The van der Waals surface area contributed by atoms with Crippen LogP contribution in [0.15, 0.2) is 42.5 Å². The number of likely N-dealkylation sites (N-methyl/N-ethyl adjacent to an activating group) is 1. The van der Waals surface area contributed by atoms with Crippen LogP contribution < -0.4 is 5.32 Å². The zero-order valence-electron chi connectivity index (χ0n) is 14.3. The Morgan fingerprint density at radius 3 is 2.23 bits per heavy atom. The van der Waals surface area contributed by atoms with Crippen LogP contribution in [0.3, 0.4) is 0 Å². The molecule has 0 aliphatic carbocycles. The summed E-state index contributed by atoms with van der Waals surface area (Å²) >= 11 is 5.71. The summed E-state index contributed by atoms with van der Waals surface area (Å²) in [5, 5.41) is 2.59. The van der Waals surface area contributed by atoms with Gasteiger partial charge >= 0.3 is 0 Å². The normalized spacial score (nSPS) is 15.0. The lowest BCUT2D eigenvalue weighted by Crippen LogP contribution is -2.47. The summed E-state index contributed by atoms with van der Waals surface area (Å²) in [4.78, 5) is 28.8. The Morgan fingerprint density at radius 2 is 1.62 bits per heavy atom. The Bertz CT molecular complexity index is 818. The van der Waals surface area contributed by atoms with E-state index in [0.29, 0.717) is 29.9 Å². The van der Waals surface area contributed by atoms with E-state index in [0.717, 1.165) is 13.1 Å². The molecule has 5 nitrogen and oxygen atoms in total. The summed E-state index contributed by atoms with van der Waals surface area (Å²) in [6.07, 6.45) is 0. The predicted molar refractivity (Wildman–Crippen MR) is 99.2 cm³/mol. The number of hydrogen-bond acceptors (Lipinski definition) is 3. The summed E-state index contributed by atoms with van der Waals surface area (Å²) in [5.41, 5.74) is 1.36. The molecule has 0 bridgehead atoms. The van der Waals surface area contributed by atoms with Crippen molar-refractivity contribution in [2.75, 3.05) is 38.5 Å². The van der Waals surface area contributed by atoms with Crippen LogP contribution >= 0.6 is 11.6 Å². The Morgan fingerprint density at radius 1 is 1.00 bits per heavy atom. The van der Waals surface area contributed by atoms with Crippen molar-refractivity contribution in [2.45, 2.75) is 0 Å². The Hall–Kier alpha value is -2.44. The molecule has 0 spiro atoms. The van der Waals surface area contributed by atoms with Crippen LogP contribution in [0.2, 0.25) is 5.02 Å². The molecule has 26 heavy (non-hydrogen) atoms. The lowest BCUT2D eigenvalue weighted by molar-refractivity contribution is 0.0664. The first-order chi connectivity index (χ1) is 12.4. The van der Waals surface area contributed by atoms with Gasteiger partial charge in [0.25, 0.3) is 11.8 Å². The van der Waals surface area contributed by atoms with Gasteiger partial charge in [-0.3, -0.25) is 9.59 Å². The summed E-state index contributed by atoms with van der Waals surface area (Å²) in [6.45, 7) is 3.10. The number of carbonyl (C=O) groups is 2. The fourth-order valence-electron chi connectivity index (χ4n) is 2.73. The molecule has 0 saturated carbocycles. The van der Waals surface area contributed by atoms with Crippen molar-refractivity contribution in [2.24, 2.45) is 0 Å². The standard InChI is InChI=1S/C19H19ClFN3O2/c1-23-8-10-24(11-9-23)19(26)14-4-2-13(3-5-14)18(25)22-15-6-7-17(21)16(20)12-15/h2-7,12H,8-11H2,1H3,(H,22,25). The van der Waals surface area contributed by atoms with Gasteiger partial charge in [-0.15, -0.1) is 0 Å². The number of nitrogens with zero attached hydrogens (tertiary/aromatic N) is 2. The topological polar surface area (TPSA) is 52.7 Å². The van der Waals surface area contributed by atoms with E-state index >= 15 is 0 Å². The van der Waals surface area contributed by atoms with E-state index in [9.17, 15) is 14.0 Å². The lowest BCUT2D eigenvalue weighted by Gasteiger charge is -2.32. The minimum absolute atomic E-state index is 0.0321. The zero-order chi connectivity index (χ0) is 18.7. The Labute approximate surface area is 156 Å². The fourth-order valence-corrected chi connectivity index (χ4v) is 2.91. The molecule has 2 aromatic rings. The van der Waals surface area contributed by atoms with Crippen molar-refractivity contribution in [3.05, 3.63) is 64.4 Å². The average Bonchev–Trinajstić information content (AvgIpc) is 2.65. The highest BCUT2D eigenvalue weighted by atomic mass is 35.5. The number of piperazine rings is 1. The molecule has 0 aromatic heterocycles. The van der Waals surface area contributed by atoms with Gasteiger partial charge in [0.05, 0.1) is 5.02 Å². The average molecular weight is 376 g/mol. The number of halogens is 2. The van der Waals surface area contributed by atoms with Gasteiger partial charge in [-0.05, 0) is 49.5 Å². The maximum Gasteiger partial charge on any atom is 0.255 e. The van der Waals surface area contributed by atoms with Crippen molar-refractivity contribution >= 4 is 29.1 Å². The number of benzene rings is 2. The van der Waals surface area contributed by atoms with E-state index in [-0.39, 0.29) is 16.8 Å². The molecule has 1 heterocycles. The fraction of sp³-hybridized carbons (Fsp3) is 0.263. The van der Waals surface area contributed by atoms with Crippen LogP contribution in [-0.2, 0) is 0 Å². The Balaban J connectivity index is 1.65. The van der Waals surface area contributed by atoms with E-state index in [4.69, 9.17) is 11.6 Å². The summed E-state index contributed by atoms with van der Waals surface area (Å²) in [6, 6.07) is 10.5. The number of nitrogens with one attached hydrogen (secondary N) is 1. The molecular weight excluding hydrogens is 357 g/mol. The second-order valence-electron chi connectivity index (χ2n) is 6.26. The second-order valence-corrected chi connectivity index (χ2v) is 6.66. The zero-order valence-corrected chi connectivity index (χ0v) is 15.1. The maximum atomic E-state index is 13.2. The van der Waals surface area contributed by atoms with Crippen LogP contribution in [0.25, 0.3) is 0 Å². The quantitative estimate of drug-likeness (QED) is 0.896. The highest BCUT2D eigenvalue weighted by Crippen LogP contribution is 2.20. The van der Waals surface area contributed by atoms with E-state index in [2.05, 4.69) is 10.2 Å². The van der Waals surface area contributed by atoms with Crippen molar-refractivity contribution in [1.82, 2.24) is 9.80 Å². The first-order valence-electron chi connectivity index (χ1n) is 8.28. The van der Waals surface area contributed by atoms with E-state index in [1.54, 1.807) is 24.3 Å². The van der Waals surface area contributed by atoms with Crippen LogP contribution in [-0.4, -0.2) is 54.8 Å². The SMILES string of the molecule is CN1CCN(C(=O)c2ccc(C(=O)Nc3ccc(F)c(Cl)c3)cc2)CC1. The smallest absolute Gasteiger partial charge is 0.255 e. The van der Waals surface area contributed by atoms with Crippen molar-refractivity contribution in [1.29, 1.82) is 0 Å². The lowest BCUT2D eigenvalue weighted by atomic mass is 10.1. The van der Waals surface area contributed by atoms with E-state index < -0.39 is 5.82 Å². The summed E-state index contributed by atoms with van der Waals surface area (Å²) in [5.74, 6) is -0.932. The van der Waals surface area contributed by atoms with Gasteiger partial charge in [-0.1, -0.05) is 11.6 Å². The summed E-state index contributed by atoms with van der Waals surface area (Å²) in [7, 11) is 2.03. The molecule has 1 aliphatic rings. The molecule has 1 fully saturated rings. The largest absolute Gasteiger partial charge is 0.336 e. The van der Waals surface area contributed by atoms with E-state index in [1.165, 1.54) is 18.2 Å². The molecule has 7 heteroatoms. The molecule has 2 aromatic carbocycles. The highest BCUT2D eigenvalue weighted by Gasteiger charge is 2.20. The van der Waals surface area contributed by atoms with Gasteiger partial charge in [-0.2, -0.15) is 0 Å². The van der Waals surface area contributed by atoms with Gasteiger partial charge in [0.15, 0.2) is 0 Å². The maximum absolute atomic E-state index is 13.2. The second kappa shape index (κ2) is 7.85. The minimum Gasteiger partial charge on any atom is -0.336 e. The van der Waals surface area contributed by atoms with Crippen molar-refractivity contribution in [3.8, 4) is 0 Å². The van der Waals surface area contributed by atoms with Crippen molar-refractivity contribution < 1.29 is 14.0 Å². The molecule has 0 atom stereocenters. The third-order valence-electron chi connectivity index (χ3n) is 4.36. The molecule has 2 amide bonds. The van der Waals surface area contributed by atoms with Gasteiger partial charge in [-0.25, -0.2) is 4.39 Å². The summed E-state index contributed by atoms with van der Waals surface area (Å²) < 4.78 is 13.2. The number of amides is 2. The molecule has 3 rings (SSSR count). The van der Waals surface area contributed by atoms with E-state index in [1.807, 2.05) is 11.9 Å². The Kier molecular flexibility index (Phi) is 5.54. The molecule has 1 saturated heterocycles. The third-order valence-corrected chi connectivity index (χ3v) is 4.65. The minimum atomic E-state index is -0.545. The number of rotatable bonds is 3.